The van der Waals surface area contributed by atoms with Gasteiger partial charge < -0.3 is 24.5 Å². The number of nitrogens with two attached hydrogens (primary N) is 1. The lowest BCUT2D eigenvalue weighted by atomic mass is 10.1. The lowest BCUT2D eigenvalue weighted by molar-refractivity contribution is -0.150. The number of nitrogens with zero attached hydrogens (tertiary/aromatic N) is 4. The highest BCUT2D eigenvalue weighted by Crippen LogP contribution is 2.40. The predicted molar refractivity (Wildman–Crippen MR) is 149 cm³/mol. The number of ether oxygens (including phenoxy) is 3. The summed E-state index contributed by atoms with van der Waals surface area (Å²) in [4.78, 5) is 37.4. The lowest BCUT2D eigenvalue weighted by Gasteiger charge is -2.32. The van der Waals surface area contributed by atoms with E-state index in [4.69, 9.17) is 19.9 Å². The Morgan fingerprint density at radius 3 is 2.54 bits per heavy atom. The zero-order chi connectivity index (χ0) is 29.2. The Morgan fingerprint density at radius 2 is 1.87 bits per heavy atom. The van der Waals surface area contributed by atoms with Gasteiger partial charge in [-0.15, -0.1) is 0 Å². The second-order valence-electron chi connectivity index (χ2n) is 10.5. The summed E-state index contributed by atoms with van der Waals surface area (Å²) >= 11 is 0. The number of aromatic nitrogens is 4. The molecule has 2 aromatic rings. The van der Waals surface area contributed by atoms with E-state index < -0.39 is 37.1 Å². The molecule has 2 aromatic heterocycles. The van der Waals surface area contributed by atoms with Crippen molar-refractivity contribution < 1.29 is 28.4 Å². The van der Waals surface area contributed by atoms with Gasteiger partial charge in [-0.3, -0.25) is 14.2 Å². The van der Waals surface area contributed by atoms with Gasteiger partial charge in [0.2, 0.25) is 7.44 Å². The second-order valence-corrected chi connectivity index (χ2v) is 12.7. The number of fused-ring (bicyclic) bond motifs is 1. The van der Waals surface area contributed by atoms with Crippen LogP contribution in [0, 0.1) is 0 Å². The first kappa shape index (κ1) is 32.6. The fourth-order valence-corrected chi connectivity index (χ4v) is 6.32. The predicted octanol–water partition coefficient (Wildman–Crippen LogP) is 3.39. The van der Waals surface area contributed by atoms with Crippen molar-refractivity contribution in [2.75, 3.05) is 18.7 Å². The summed E-state index contributed by atoms with van der Waals surface area (Å²) in [5.74, 6) is -0.671. The van der Waals surface area contributed by atoms with Gasteiger partial charge in [0.05, 0.1) is 38.1 Å². The molecule has 0 saturated heterocycles. The standard InChI is InChI=1S/C25H44N7O6P/c1-8-9-10-11-36-24(34)25(6,7)31-39(35,30-18(4)12-20(33)38-17(2)3)16-37-19(5)13-32-15-29-21-22(26)27-14-28-23(21)32/h14-15,17-19H,8-13,16H2,1-7H3,(H2,26,27,28)(H2,30,31,35)/t18-,19-,39?/m1/s1. The zero-order valence-corrected chi connectivity index (χ0v) is 25.0. The van der Waals surface area contributed by atoms with E-state index in [0.29, 0.717) is 17.7 Å². The van der Waals surface area contributed by atoms with Gasteiger partial charge >= 0.3 is 11.9 Å². The molecule has 0 aliphatic rings. The van der Waals surface area contributed by atoms with Crippen LogP contribution in [0.4, 0.5) is 5.82 Å². The third-order valence-electron chi connectivity index (χ3n) is 5.64. The third kappa shape index (κ3) is 10.5. The minimum atomic E-state index is -3.59. The van der Waals surface area contributed by atoms with Gasteiger partial charge in [-0.25, -0.2) is 25.1 Å². The van der Waals surface area contributed by atoms with Crippen LogP contribution in [0.1, 0.15) is 74.1 Å². The summed E-state index contributed by atoms with van der Waals surface area (Å²) in [5.41, 5.74) is 5.63. The van der Waals surface area contributed by atoms with E-state index in [1.165, 1.54) is 6.33 Å². The molecule has 0 saturated carbocycles. The molecule has 0 amide bonds. The monoisotopic (exact) mass is 569 g/mol. The number of anilines is 1. The van der Waals surface area contributed by atoms with Crippen molar-refractivity contribution in [1.29, 1.82) is 0 Å². The van der Waals surface area contributed by atoms with Gasteiger partial charge in [-0.05, 0) is 48.0 Å². The highest BCUT2D eigenvalue weighted by molar-refractivity contribution is 7.59. The fourth-order valence-electron chi connectivity index (χ4n) is 3.85. The zero-order valence-electron chi connectivity index (χ0n) is 24.1. The summed E-state index contributed by atoms with van der Waals surface area (Å²) in [6, 6.07) is -0.526. The van der Waals surface area contributed by atoms with E-state index in [0.717, 1.165) is 19.3 Å². The molecule has 0 spiro atoms. The molecule has 0 radical (unpaired) electrons. The van der Waals surface area contributed by atoms with Crippen LogP contribution in [-0.4, -0.2) is 68.2 Å². The quantitative estimate of drug-likeness (QED) is 0.144. The molecule has 2 heterocycles. The highest BCUT2D eigenvalue weighted by Gasteiger charge is 2.38. The maximum absolute atomic E-state index is 14.1. The average Bonchev–Trinajstić information content (AvgIpc) is 3.23. The van der Waals surface area contributed by atoms with Crippen LogP contribution in [0.25, 0.3) is 11.2 Å². The molecule has 0 fully saturated rings. The number of unbranched alkanes of at least 4 members (excludes halogenated alkanes) is 2. The molecule has 0 aliphatic carbocycles. The SMILES string of the molecule is CCCCCOC(=O)C(C)(C)NP(=O)(CO[C@H](C)Cn1cnc2c(N)ncnc21)N[C@H](C)CC(=O)OC(C)C. The topological polar surface area (TPSA) is 173 Å². The van der Waals surface area contributed by atoms with Crippen LogP contribution in [0.15, 0.2) is 12.7 Å². The normalized spacial score (nSPS) is 15.2. The van der Waals surface area contributed by atoms with Crippen LogP contribution in [0.3, 0.4) is 0 Å². The van der Waals surface area contributed by atoms with Crippen LogP contribution in [-0.2, 0) is 34.9 Å². The molecule has 220 valence electrons. The van der Waals surface area contributed by atoms with Crippen LogP contribution in [0.5, 0.6) is 0 Å². The van der Waals surface area contributed by atoms with E-state index in [9.17, 15) is 14.2 Å². The summed E-state index contributed by atoms with van der Waals surface area (Å²) in [7, 11) is -3.59. The summed E-state index contributed by atoms with van der Waals surface area (Å²) in [5, 5.41) is 5.93. The lowest BCUT2D eigenvalue weighted by Crippen LogP contribution is -2.49. The van der Waals surface area contributed by atoms with Crippen LogP contribution in [0.2, 0.25) is 0 Å². The smallest absolute Gasteiger partial charge is 0.326 e. The molecule has 0 aliphatic heterocycles. The molecule has 13 nitrogen and oxygen atoms in total. The van der Waals surface area contributed by atoms with Gasteiger partial charge in [0.1, 0.15) is 23.7 Å². The van der Waals surface area contributed by atoms with Gasteiger partial charge in [0, 0.05) is 6.04 Å². The number of hydrogen-bond donors (Lipinski definition) is 3. The van der Waals surface area contributed by atoms with E-state index in [2.05, 4.69) is 32.1 Å². The van der Waals surface area contributed by atoms with Crippen molar-refractivity contribution in [2.45, 2.75) is 104 Å². The van der Waals surface area contributed by atoms with Gasteiger partial charge in [-0.1, -0.05) is 19.8 Å². The Balaban J connectivity index is 2.12. The first-order chi connectivity index (χ1) is 18.3. The number of esters is 2. The Morgan fingerprint density at radius 1 is 1.15 bits per heavy atom. The van der Waals surface area contributed by atoms with Crippen molar-refractivity contribution in [3.63, 3.8) is 0 Å². The first-order valence-electron chi connectivity index (χ1n) is 13.3. The van der Waals surface area contributed by atoms with Crippen molar-refractivity contribution in [3.8, 4) is 0 Å². The molecule has 14 heteroatoms. The highest BCUT2D eigenvalue weighted by atomic mass is 31.2. The summed E-state index contributed by atoms with van der Waals surface area (Å²) in [6.07, 6.45) is 4.70. The Kier molecular flexibility index (Phi) is 12.3. The third-order valence-corrected chi connectivity index (χ3v) is 7.94. The van der Waals surface area contributed by atoms with E-state index in [1.807, 2.05) is 6.92 Å². The second kappa shape index (κ2) is 14.7. The maximum Gasteiger partial charge on any atom is 0.326 e. The summed E-state index contributed by atoms with van der Waals surface area (Å²) in [6.45, 7) is 13.0. The van der Waals surface area contributed by atoms with Crippen LogP contribution >= 0.6 is 7.44 Å². The number of nitrogens with one attached hydrogen (secondary N) is 2. The minimum Gasteiger partial charge on any atom is -0.464 e. The molecule has 1 unspecified atom stereocenters. The molecular formula is C25H44N7O6P. The maximum atomic E-state index is 14.1. The molecule has 3 atom stereocenters. The van der Waals surface area contributed by atoms with E-state index in [1.54, 1.807) is 45.5 Å². The largest absolute Gasteiger partial charge is 0.464 e. The van der Waals surface area contributed by atoms with Crippen molar-refractivity contribution >= 4 is 36.4 Å². The van der Waals surface area contributed by atoms with Gasteiger partial charge in [0.15, 0.2) is 11.5 Å². The fraction of sp³-hybridized carbons (Fsp3) is 0.720. The Labute approximate surface area is 230 Å². The van der Waals surface area contributed by atoms with Crippen molar-refractivity contribution in [2.24, 2.45) is 0 Å². The average molecular weight is 570 g/mol. The Hall–Kier alpha value is -2.60. The van der Waals surface area contributed by atoms with Gasteiger partial charge in [-0.2, -0.15) is 0 Å². The van der Waals surface area contributed by atoms with Crippen molar-refractivity contribution in [1.82, 2.24) is 29.7 Å². The minimum absolute atomic E-state index is 0.0105. The van der Waals surface area contributed by atoms with Gasteiger partial charge in [0.25, 0.3) is 0 Å². The number of carbonyl (C=O) groups is 2. The number of imidazole rings is 1. The number of hydrogen-bond acceptors (Lipinski definition) is 10. The molecular weight excluding hydrogens is 525 g/mol. The Bertz CT molecular complexity index is 1140. The number of rotatable bonds is 17. The number of nitrogen functional groups attached to an aromatic ring is 1. The van der Waals surface area contributed by atoms with E-state index in [-0.39, 0.29) is 31.3 Å². The number of carbonyl (C=O) groups excluding carboxylic acids is 2. The molecule has 0 bridgehead atoms. The first-order valence-corrected chi connectivity index (χ1v) is 15.2. The molecule has 4 N–H and O–H groups in total. The summed E-state index contributed by atoms with van der Waals surface area (Å²) < 4.78 is 32.5. The van der Waals surface area contributed by atoms with Crippen LogP contribution < -0.4 is 15.9 Å². The molecule has 2 rings (SSSR count). The van der Waals surface area contributed by atoms with Crippen molar-refractivity contribution in [3.05, 3.63) is 12.7 Å². The molecule has 39 heavy (non-hydrogen) atoms. The molecule has 0 aromatic carbocycles. The van der Waals surface area contributed by atoms with E-state index >= 15 is 0 Å².